The van der Waals surface area contributed by atoms with Gasteiger partial charge in [0.2, 0.25) is 5.91 Å². The topological polar surface area (TPSA) is 59.0 Å². The first-order valence-electron chi connectivity index (χ1n) is 7.58. The normalized spacial score (nSPS) is 9.92. The molecular weight excluding hydrogens is 304 g/mol. The lowest BCUT2D eigenvalue weighted by atomic mass is 10.0. The Labute approximate surface area is 141 Å². The summed E-state index contributed by atoms with van der Waals surface area (Å²) in [4.78, 5) is 29.2. The Morgan fingerprint density at radius 1 is 0.958 bits per heavy atom. The third kappa shape index (κ3) is 4.78. The number of hydrogen-bond acceptors (Lipinski definition) is 4. The van der Waals surface area contributed by atoms with Gasteiger partial charge in [0.15, 0.2) is 0 Å². The van der Waals surface area contributed by atoms with Crippen LogP contribution in [0.2, 0.25) is 0 Å². The van der Waals surface area contributed by atoms with Crippen LogP contribution in [0.3, 0.4) is 0 Å². The predicted molar refractivity (Wildman–Crippen MR) is 93.0 cm³/mol. The zero-order chi connectivity index (χ0) is 17.4. The molecule has 2 rings (SSSR count). The molecule has 0 saturated carbocycles. The molecule has 0 heterocycles. The number of benzene rings is 2. The Morgan fingerprint density at radius 3 is 1.92 bits per heavy atom. The van der Waals surface area contributed by atoms with Crippen LogP contribution in [-0.2, 0) is 14.3 Å². The van der Waals surface area contributed by atoms with Crippen molar-refractivity contribution in [1.29, 1.82) is 0 Å². The monoisotopic (exact) mass is 324 g/mol. The first kappa shape index (κ1) is 17.4. The molecule has 0 aliphatic heterocycles. The maximum atomic E-state index is 12.2. The Hall–Kier alpha value is -2.95. The fraction of sp³-hybridized carbons (Fsp3) is 0.211. The van der Waals surface area contributed by atoms with Crippen LogP contribution in [0.15, 0.2) is 65.7 Å². The Bertz CT molecular complexity index is 670. The fourth-order valence-electron chi connectivity index (χ4n) is 2.16. The lowest BCUT2D eigenvalue weighted by molar-refractivity contribution is -0.145. The highest BCUT2D eigenvalue weighted by atomic mass is 16.5. The maximum Gasteiger partial charge on any atom is 0.325 e. The molecule has 0 radical (unpaired) electrons. The van der Waals surface area contributed by atoms with E-state index in [1.165, 1.54) is 12.0 Å². The van der Waals surface area contributed by atoms with Crippen molar-refractivity contribution >= 4 is 17.6 Å². The van der Waals surface area contributed by atoms with Crippen molar-refractivity contribution in [3.8, 4) is 0 Å². The van der Waals surface area contributed by atoms with Crippen LogP contribution in [0.5, 0.6) is 0 Å². The van der Waals surface area contributed by atoms with E-state index in [9.17, 15) is 9.59 Å². The molecule has 0 aliphatic carbocycles. The van der Waals surface area contributed by atoms with Crippen molar-refractivity contribution < 1.29 is 14.3 Å². The van der Waals surface area contributed by atoms with Gasteiger partial charge in [-0.1, -0.05) is 60.7 Å². The highest BCUT2D eigenvalue weighted by Gasteiger charge is 2.13. The molecule has 0 saturated heterocycles. The van der Waals surface area contributed by atoms with Gasteiger partial charge in [-0.15, -0.1) is 0 Å². The molecule has 24 heavy (non-hydrogen) atoms. The van der Waals surface area contributed by atoms with Crippen molar-refractivity contribution in [2.75, 3.05) is 27.2 Å². The average Bonchev–Trinajstić information content (AvgIpc) is 2.63. The largest absolute Gasteiger partial charge is 0.468 e. The third-order valence-electron chi connectivity index (χ3n) is 3.49. The van der Waals surface area contributed by atoms with Gasteiger partial charge in [0.1, 0.15) is 13.1 Å². The summed E-state index contributed by atoms with van der Waals surface area (Å²) in [5.41, 5.74) is 2.62. The van der Waals surface area contributed by atoms with Crippen LogP contribution >= 0.6 is 0 Å². The predicted octanol–water partition coefficient (Wildman–Crippen LogP) is 2.16. The number of esters is 1. The van der Waals surface area contributed by atoms with E-state index < -0.39 is 5.97 Å². The maximum absolute atomic E-state index is 12.2. The number of ether oxygens (including phenoxy) is 1. The molecule has 0 unspecified atom stereocenters. The Morgan fingerprint density at radius 2 is 1.46 bits per heavy atom. The highest BCUT2D eigenvalue weighted by Crippen LogP contribution is 2.11. The van der Waals surface area contributed by atoms with Gasteiger partial charge in [0.05, 0.1) is 12.8 Å². The summed E-state index contributed by atoms with van der Waals surface area (Å²) in [5, 5.41) is 0. The molecule has 2 aromatic rings. The molecule has 2 aromatic carbocycles. The number of aliphatic imine (C=N–C) groups is 1. The summed E-state index contributed by atoms with van der Waals surface area (Å²) in [5.74, 6) is -0.703. The lowest BCUT2D eigenvalue weighted by Crippen LogP contribution is -2.34. The van der Waals surface area contributed by atoms with E-state index in [4.69, 9.17) is 0 Å². The molecule has 1 amide bonds. The number of hydrogen-bond donors (Lipinski definition) is 0. The molecule has 0 bridgehead atoms. The molecule has 5 heteroatoms. The highest BCUT2D eigenvalue weighted by molar-refractivity contribution is 6.13. The quantitative estimate of drug-likeness (QED) is 0.604. The first-order chi connectivity index (χ1) is 11.6. The summed E-state index contributed by atoms with van der Waals surface area (Å²) >= 11 is 0. The Balaban J connectivity index is 2.20. The van der Waals surface area contributed by atoms with Gasteiger partial charge in [-0.05, 0) is 0 Å². The molecule has 5 nitrogen and oxygen atoms in total. The van der Waals surface area contributed by atoms with Crippen molar-refractivity contribution in [3.63, 3.8) is 0 Å². The molecule has 0 spiro atoms. The zero-order valence-electron chi connectivity index (χ0n) is 13.8. The summed E-state index contributed by atoms with van der Waals surface area (Å²) in [6.45, 7) is -0.122. The van der Waals surface area contributed by atoms with Crippen LogP contribution in [0, 0.1) is 0 Å². The van der Waals surface area contributed by atoms with Gasteiger partial charge in [-0.25, -0.2) is 0 Å². The number of carbonyl (C=O) groups excluding carboxylic acids is 2. The van der Waals surface area contributed by atoms with E-state index in [1.54, 1.807) is 7.05 Å². The molecular formula is C19H20N2O3. The number of carbonyl (C=O) groups is 2. The smallest absolute Gasteiger partial charge is 0.325 e. The van der Waals surface area contributed by atoms with Crippen molar-refractivity contribution in [2.45, 2.75) is 0 Å². The molecule has 0 fully saturated rings. The van der Waals surface area contributed by atoms with Crippen LogP contribution in [0.4, 0.5) is 0 Å². The fourth-order valence-corrected chi connectivity index (χ4v) is 2.16. The zero-order valence-corrected chi connectivity index (χ0v) is 13.8. The third-order valence-corrected chi connectivity index (χ3v) is 3.49. The van der Waals surface area contributed by atoms with E-state index in [0.717, 1.165) is 16.8 Å². The van der Waals surface area contributed by atoms with E-state index >= 15 is 0 Å². The van der Waals surface area contributed by atoms with E-state index in [2.05, 4.69) is 9.73 Å². The van der Waals surface area contributed by atoms with E-state index in [0.29, 0.717) is 0 Å². The first-order valence-corrected chi connectivity index (χ1v) is 7.58. The van der Waals surface area contributed by atoms with Crippen LogP contribution in [-0.4, -0.2) is 49.7 Å². The number of methoxy groups -OCH3 is 1. The van der Waals surface area contributed by atoms with E-state index in [1.807, 2.05) is 60.7 Å². The van der Waals surface area contributed by atoms with Crippen molar-refractivity contribution in [3.05, 3.63) is 71.8 Å². The lowest BCUT2D eigenvalue weighted by Gasteiger charge is -2.15. The van der Waals surface area contributed by atoms with Crippen LogP contribution < -0.4 is 0 Å². The number of likely N-dealkylation sites (N-methyl/N-ethyl adjacent to an activating group) is 1. The van der Waals surface area contributed by atoms with Gasteiger partial charge >= 0.3 is 5.97 Å². The number of rotatable bonds is 6. The standard InChI is InChI=1S/C19H20N2O3/c1-21(14-18(23)24-2)17(22)13-20-19(15-9-5-3-6-10-15)16-11-7-4-8-12-16/h3-12H,13-14H2,1-2H3. The minimum absolute atomic E-state index is 0.0351. The number of amides is 1. The van der Waals surface area contributed by atoms with Crippen LogP contribution in [0.25, 0.3) is 0 Å². The molecule has 0 aliphatic rings. The van der Waals surface area contributed by atoms with Crippen molar-refractivity contribution in [1.82, 2.24) is 4.90 Å². The summed E-state index contributed by atoms with van der Waals surface area (Å²) in [6.07, 6.45) is 0. The average molecular weight is 324 g/mol. The second-order valence-electron chi connectivity index (χ2n) is 5.22. The second-order valence-corrected chi connectivity index (χ2v) is 5.22. The number of nitrogens with zero attached hydrogens (tertiary/aromatic N) is 2. The second kappa shape index (κ2) is 8.62. The summed E-state index contributed by atoms with van der Waals surface area (Å²) in [7, 11) is 2.85. The van der Waals surface area contributed by atoms with Crippen LogP contribution in [0.1, 0.15) is 11.1 Å². The molecule has 0 aromatic heterocycles. The minimum Gasteiger partial charge on any atom is -0.468 e. The van der Waals surface area contributed by atoms with Gasteiger partial charge in [0.25, 0.3) is 0 Å². The Kier molecular flexibility index (Phi) is 6.25. The van der Waals surface area contributed by atoms with Gasteiger partial charge in [-0.2, -0.15) is 0 Å². The summed E-state index contributed by atoms with van der Waals surface area (Å²) < 4.78 is 4.57. The van der Waals surface area contributed by atoms with Crippen molar-refractivity contribution in [2.24, 2.45) is 4.99 Å². The van der Waals surface area contributed by atoms with Gasteiger partial charge in [-0.3, -0.25) is 14.6 Å². The summed E-state index contributed by atoms with van der Waals surface area (Å²) in [6, 6.07) is 19.4. The SMILES string of the molecule is COC(=O)CN(C)C(=O)CN=C(c1ccccc1)c1ccccc1. The minimum atomic E-state index is -0.457. The molecule has 0 atom stereocenters. The van der Waals surface area contributed by atoms with Gasteiger partial charge in [0, 0.05) is 18.2 Å². The van der Waals surface area contributed by atoms with Gasteiger partial charge < -0.3 is 9.64 Å². The molecule has 124 valence electrons. The molecule has 0 N–H and O–H groups in total. The van der Waals surface area contributed by atoms with E-state index in [-0.39, 0.29) is 19.0 Å².